The van der Waals surface area contributed by atoms with E-state index in [2.05, 4.69) is 32.2 Å². The van der Waals surface area contributed by atoms with E-state index in [-0.39, 0.29) is 17.5 Å². The van der Waals surface area contributed by atoms with Crippen molar-refractivity contribution in [2.24, 2.45) is 0 Å². The molecule has 0 radical (unpaired) electrons. The Labute approximate surface area is 171 Å². The first-order chi connectivity index (χ1) is 14.0. The summed E-state index contributed by atoms with van der Waals surface area (Å²) in [6.07, 6.45) is 9.59. The van der Waals surface area contributed by atoms with Gasteiger partial charge in [-0.05, 0) is 32.6 Å². The van der Waals surface area contributed by atoms with Gasteiger partial charge >= 0.3 is 6.03 Å². The lowest BCUT2D eigenvalue weighted by Gasteiger charge is -2.33. The lowest BCUT2D eigenvalue weighted by Crippen LogP contribution is -2.43. The lowest BCUT2D eigenvalue weighted by atomic mass is 9.86. The van der Waals surface area contributed by atoms with Gasteiger partial charge in [-0.3, -0.25) is 5.32 Å². The third kappa shape index (κ3) is 3.22. The summed E-state index contributed by atoms with van der Waals surface area (Å²) in [5.41, 5.74) is 0.0431. The third-order valence-electron chi connectivity index (χ3n) is 7.24. The second kappa shape index (κ2) is 7.15. The predicted octanol–water partition coefficient (Wildman–Crippen LogP) is 4.36. The van der Waals surface area contributed by atoms with Crippen LogP contribution in [0.25, 0.3) is 0 Å². The van der Waals surface area contributed by atoms with E-state index in [1.807, 2.05) is 17.9 Å². The van der Waals surface area contributed by atoms with E-state index in [4.69, 9.17) is 4.52 Å². The average molecular weight is 399 g/mol. The van der Waals surface area contributed by atoms with Gasteiger partial charge < -0.3 is 14.0 Å². The van der Waals surface area contributed by atoms with Gasteiger partial charge in [-0.25, -0.2) is 4.79 Å². The number of fused-ring (bicyclic) bond motifs is 1. The van der Waals surface area contributed by atoms with Crippen molar-refractivity contribution in [2.75, 3.05) is 11.9 Å². The van der Waals surface area contributed by atoms with E-state index in [1.54, 1.807) is 0 Å². The number of carbonyl (C=O) groups is 1. The smallest absolute Gasteiger partial charge is 0.323 e. The van der Waals surface area contributed by atoms with Crippen LogP contribution < -0.4 is 5.32 Å². The summed E-state index contributed by atoms with van der Waals surface area (Å²) < 4.78 is 7.81. The molecular formula is C21H30N6O2. The monoisotopic (exact) mass is 398 g/mol. The molecule has 2 fully saturated rings. The Morgan fingerprint density at radius 2 is 1.86 bits per heavy atom. The fourth-order valence-electron chi connectivity index (χ4n) is 5.37. The van der Waals surface area contributed by atoms with Gasteiger partial charge in [-0.15, -0.1) is 10.2 Å². The van der Waals surface area contributed by atoms with Gasteiger partial charge in [0.1, 0.15) is 11.6 Å². The van der Waals surface area contributed by atoms with Crippen molar-refractivity contribution in [3.05, 3.63) is 23.5 Å². The van der Waals surface area contributed by atoms with E-state index in [0.29, 0.717) is 18.3 Å². The third-order valence-corrected chi connectivity index (χ3v) is 7.24. The second-order valence-electron chi connectivity index (χ2n) is 9.19. The molecule has 1 unspecified atom stereocenters. The first-order valence-electron chi connectivity index (χ1n) is 11.0. The van der Waals surface area contributed by atoms with Crippen LogP contribution in [0.15, 0.2) is 10.6 Å². The maximum absolute atomic E-state index is 12.9. The molecule has 3 aliphatic rings. The quantitative estimate of drug-likeness (QED) is 0.829. The average Bonchev–Trinajstić information content (AvgIpc) is 3.48. The Bertz CT molecular complexity index is 891. The molecule has 0 saturated heterocycles. The van der Waals surface area contributed by atoms with E-state index in [9.17, 15) is 4.79 Å². The molecule has 8 heteroatoms. The topological polar surface area (TPSA) is 89.1 Å². The summed E-state index contributed by atoms with van der Waals surface area (Å²) >= 11 is 0. The fraction of sp³-hybridized carbons (Fsp3) is 0.714. The van der Waals surface area contributed by atoms with Gasteiger partial charge in [-0.1, -0.05) is 37.8 Å². The minimum absolute atomic E-state index is 0.0431. The maximum atomic E-state index is 12.9. The van der Waals surface area contributed by atoms with E-state index in [0.717, 1.165) is 36.8 Å². The van der Waals surface area contributed by atoms with Crippen molar-refractivity contribution in [1.29, 1.82) is 0 Å². The highest BCUT2D eigenvalue weighted by atomic mass is 16.5. The Balaban J connectivity index is 1.28. The number of urea groups is 1. The van der Waals surface area contributed by atoms with Crippen LogP contribution in [0.3, 0.4) is 0 Å². The van der Waals surface area contributed by atoms with Gasteiger partial charge in [0, 0.05) is 30.5 Å². The molecule has 156 valence electrons. The van der Waals surface area contributed by atoms with E-state index in [1.165, 1.54) is 38.5 Å². The molecule has 2 amide bonds. The summed E-state index contributed by atoms with van der Waals surface area (Å²) in [4.78, 5) is 14.8. The zero-order valence-electron chi connectivity index (χ0n) is 17.4. The molecule has 2 aromatic rings. The Morgan fingerprint density at radius 1 is 1.14 bits per heavy atom. The Kier molecular flexibility index (Phi) is 4.59. The van der Waals surface area contributed by atoms with Crippen LogP contribution in [0.4, 0.5) is 10.6 Å². The first-order valence-corrected chi connectivity index (χ1v) is 11.0. The first kappa shape index (κ1) is 18.6. The molecule has 29 heavy (non-hydrogen) atoms. The molecule has 2 aromatic heterocycles. The number of rotatable bonds is 3. The van der Waals surface area contributed by atoms with Gasteiger partial charge in [-0.2, -0.15) is 0 Å². The number of aromatic nitrogens is 4. The number of amides is 2. The highest BCUT2D eigenvalue weighted by Gasteiger charge is 2.36. The van der Waals surface area contributed by atoms with Crippen molar-refractivity contribution in [1.82, 2.24) is 24.8 Å². The second-order valence-corrected chi connectivity index (χ2v) is 9.19. The molecule has 5 rings (SSSR count). The molecule has 1 aliphatic heterocycles. The maximum Gasteiger partial charge on any atom is 0.323 e. The summed E-state index contributed by atoms with van der Waals surface area (Å²) in [6.45, 7) is 5.62. The van der Waals surface area contributed by atoms with Crippen molar-refractivity contribution in [3.8, 4) is 0 Å². The van der Waals surface area contributed by atoms with Crippen LogP contribution in [-0.4, -0.2) is 37.4 Å². The molecule has 1 atom stereocenters. The van der Waals surface area contributed by atoms with Crippen molar-refractivity contribution in [2.45, 2.75) is 89.1 Å². The normalized spacial score (nSPS) is 24.1. The zero-order chi connectivity index (χ0) is 20.0. The van der Waals surface area contributed by atoms with Crippen LogP contribution >= 0.6 is 0 Å². The highest BCUT2D eigenvalue weighted by Crippen LogP contribution is 2.41. The molecule has 0 bridgehead atoms. The molecule has 0 spiro atoms. The number of anilines is 1. The molecule has 8 nitrogen and oxygen atoms in total. The molecule has 2 saturated carbocycles. The summed E-state index contributed by atoms with van der Waals surface area (Å²) in [5, 5.41) is 16.0. The number of carbonyl (C=O) groups excluding carboxylic acids is 1. The predicted molar refractivity (Wildman–Crippen MR) is 108 cm³/mol. The van der Waals surface area contributed by atoms with Gasteiger partial charge in [0.25, 0.3) is 0 Å². The number of nitrogens with zero attached hydrogens (tertiary/aromatic N) is 5. The summed E-state index contributed by atoms with van der Waals surface area (Å²) in [7, 11) is 0. The zero-order valence-corrected chi connectivity index (χ0v) is 17.4. The van der Waals surface area contributed by atoms with Crippen LogP contribution in [-0.2, 0) is 12.0 Å². The van der Waals surface area contributed by atoms with Crippen LogP contribution in [0, 0.1) is 0 Å². The molecular weight excluding hydrogens is 368 g/mol. The van der Waals surface area contributed by atoms with Crippen LogP contribution in [0.5, 0.6) is 0 Å². The summed E-state index contributed by atoms with van der Waals surface area (Å²) in [5.74, 6) is 3.87. The Morgan fingerprint density at radius 3 is 2.62 bits per heavy atom. The van der Waals surface area contributed by atoms with Crippen LogP contribution in [0.1, 0.15) is 94.6 Å². The molecule has 0 aromatic carbocycles. The lowest BCUT2D eigenvalue weighted by molar-refractivity contribution is 0.171. The number of hydrogen-bond acceptors (Lipinski definition) is 5. The van der Waals surface area contributed by atoms with E-state index < -0.39 is 0 Å². The molecule has 3 heterocycles. The minimum Gasteiger partial charge on any atom is -0.359 e. The standard InChI is InChI=1S/C21H30N6O2/c1-14-18-23-24-19(15-7-3-4-8-15)27(18)12-11-26(14)20(28)22-17-13-16(29-25-17)21(2)9-5-6-10-21/h13-15H,3-12H2,1-2H3,(H,22,25,28). The molecule has 1 N–H and O–H groups in total. The summed E-state index contributed by atoms with van der Waals surface area (Å²) in [6, 6.07) is 1.61. The minimum atomic E-state index is -0.161. The van der Waals surface area contributed by atoms with Gasteiger partial charge in [0.05, 0.1) is 6.04 Å². The number of nitrogens with one attached hydrogen (secondary N) is 1. The Hall–Kier alpha value is -2.38. The van der Waals surface area contributed by atoms with Crippen LogP contribution in [0.2, 0.25) is 0 Å². The van der Waals surface area contributed by atoms with Crippen molar-refractivity contribution < 1.29 is 9.32 Å². The SMILES string of the molecule is CC1c2nnc(C3CCCC3)n2CCN1C(=O)Nc1cc(C2(C)CCCC2)on1. The van der Waals surface area contributed by atoms with Crippen molar-refractivity contribution >= 4 is 11.8 Å². The largest absolute Gasteiger partial charge is 0.359 e. The van der Waals surface area contributed by atoms with E-state index >= 15 is 0 Å². The molecule has 2 aliphatic carbocycles. The number of hydrogen-bond donors (Lipinski definition) is 1. The van der Waals surface area contributed by atoms with Crippen molar-refractivity contribution in [3.63, 3.8) is 0 Å². The highest BCUT2D eigenvalue weighted by molar-refractivity contribution is 5.88. The van der Waals surface area contributed by atoms with Gasteiger partial charge in [0.15, 0.2) is 11.6 Å². The van der Waals surface area contributed by atoms with Gasteiger partial charge in [0.2, 0.25) is 0 Å². The fourth-order valence-corrected chi connectivity index (χ4v) is 5.37.